The molecule has 0 aromatic rings. The molecule has 0 aliphatic rings. The summed E-state index contributed by atoms with van der Waals surface area (Å²) in [6, 6.07) is 0. The van der Waals surface area contributed by atoms with Crippen molar-refractivity contribution < 1.29 is 51.7 Å². The molecule has 6 heteroatoms. The first-order valence-electron chi connectivity index (χ1n) is 7.51. The van der Waals surface area contributed by atoms with Crippen molar-refractivity contribution in [2.75, 3.05) is 33.0 Å². The van der Waals surface area contributed by atoms with E-state index in [0.717, 1.165) is 32.1 Å². The van der Waals surface area contributed by atoms with Crippen LogP contribution < -0.4 is 20.4 Å². The molecule has 0 aliphatic heterocycles. The average Bonchev–Trinajstić information content (AvgIpc) is 2.55. The minimum absolute atomic E-state index is 0. The van der Waals surface area contributed by atoms with Gasteiger partial charge in [-0.15, -0.1) is 26.4 Å². The molecule has 0 radical (unpaired) electrons. The van der Waals surface area contributed by atoms with Crippen LogP contribution in [0.5, 0.6) is 0 Å². The van der Waals surface area contributed by atoms with Gasteiger partial charge in [0.2, 0.25) is 0 Å². The van der Waals surface area contributed by atoms with Gasteiger partial charge in [-0.3, -0.25) is 0 Å². The average molecular weight is 388 g/mol. The van der Waals surface area contributed by atoms with Crippen LogP contribution in [0.1, 0.15) is 66.7 Å². The molecule has 130 valence electrons. The molecular formula is C15H36O5Zr. The Labute approximate surface area is 151 Å². The largest absolute Gasteiger partial charge is 4.00 e. The van der Waals surface area contributed by atoms with Crippen LogP contribution in [0.2, 0.25) is 0 Å². The minimum Gasteiger partial charge on any atom is -0.854 e. The molecule has 0 fully saturated rings. The molecule has 0 aromatic heterocycles. The zero-order chi connectivity index (χ0) is 17.1. The predicted octanol–water partition coefficient (Wildman–Crippen LogP) is -0.587. The molecular weight excluding hydrogens is 351 g/mol. The Bertz CT molecular complexity index is 55.2. The summed E-state index contributed by atoms with van der Waals surface area (Å²) in [7, 11) is 0. The number of aliphatic hydroxyl groups excluding tert-OH is 1. The normalized spacial score (nSPS) is 7.14. The summed E-state index contributed by atoms with van der Waals surface area (Å²) in [5.41, 5.74) is 0. The Balaban J connectivity index is -0.0000000331. The monoisotopic (exact) mass is 386 g/mol. The maximum absolute atomic E-state index is 9.30. The van der Waals surface area contributed by atoms with Crippen molar-refractivity contribution in [2.24, 2.45) is 0 Å². The Hall–Kier alpha value is 0.683. The van der Waals surface area contributed by atoms with Crippen molar-refractivity contribution in [1.82, 2.24) is 0 Å². The fourth-order valence-electron chi connectivity index (χ4n) is 0. The molecule has 0 amide bonds. The van der Waals surface area contributed by atoms with E-state index in [0.29, 0.717) is 6.61 Å². The molecule has 0 unspecified atom stereocenters. The zero-order valence-electron chi connectivity index (χ0n) is 14.7. The van der Waals surface area contributed by atoms with Crippen molar-refractivity contribution in [3.05, 3.63) is 0 Å². The number of aliphatic hydroxyl groups is 1. The van der Waals surface area contributed by atoms with E-state index < -0.39 is 0 Å². The zero-order valence-corrected chi connectivity index (χ0v) is 17.1. The van der Waals surface area contributed by atoms with Gasteiger partial charge in [0.05, 0.1) is 0 Å². The molecule has 5 nitrogen and oxygen atoms in total. The minimum atomic E-state index is 0. The van der Waals surface area contributed by atoms with Crippen molar-refractivity contribution in [1.29, 1.82) is 0 Å². The maximum Gasteiger partial charge on any atom is 4.00 e. The third-order valence-corrected chi connectivity index (χ3v) is 1.04. The fourth-order valence-corrected chi connectivity index (χ4v) is 0. The van der Waals surface area contributed by atoms with Gasteiger partial charge in [0.15, 0.2) is 0 Å². The summed E-state index contributed by atoms with van der Waals surface area (Å²) in [4.78, 5) is 0. The van der Waals surface area contributed by atoms with Crippen molar-refractivity contribution in [3.63, 3.8) is 0 Å². The van der Waals surface area contributed by atoms with E-state index in [1.807, 2.05) is 34.6 Å². The van der Waals surface area contributed by atoms with Gasteiger partial charge in [0.1, 0.15) is 0 Å². The van der Waals surface area contributed by atoms with E-state index in [1.165, 1.54) is 0 Å². The van der Waals surface area contributed by atoms with Crippen LogP contribution in [0.4, 0.5) is 0 Å². The first kappa shape index (κ1) is 37.7. The Kier molecular flexibility index (Phi) is 126. The Morgan fingerprint density at radius 3 is 0.619 bits per heavy atom. The molecule has 0 saturated heterocycles. The van der Waals surface area contributed by atoms with Crippen LogP contribution in [-0.4, -0.2) is 38.1 Å². The number of rotatable bonds is 5. The van der Waals surface area contributed by atoms with E-state index in [4.69, 9.17) is 5.11 Å². The van der Waals surface area contributed by atoms with Gasteiger partial charge in [0, 0.05) is 6.61 Å². The first-order valence-corrected chi connectivity index (χ1v) is 7.51. The van der Waals surface area contributed by atoms with Crippen molar-refractivity contribution in [2.45, 2.75) is 66.7 Å². The second kappa shape index (κ2) is 70.2. The maximum atomic E-state index is 9.30. The summed E-state index contributed by atoms with van der Waals surface area (Å²) >= 11 is 0. The van der Waals surface area contributed by atoms with Crippen molar-refractivity contribution >= 4 is 0 Å². The predicted molar refractivity (Wildman–Crippen MR) is 78.0 cm³/mol. The van der Waals surface area contributed by atoms with Gasteiger partial charge in [-0.05, 0) is 6.42 Å². The molecule has 0 heterocycles. The van der Waals surface area contributed by atoms with Gasteiger partial charge in [-0.1, -0.05) is 60.3 Å². The molecule has 0 saturated carbocycles. The summed E-state index contributed by atoms with van der Waals surface area (Å²) in [6.07, 6.45) is 3.93. The SMILES string of the molecule is CCCO.CCC[O-].CCC[O-].CCC[O-].CCC[O-].[Zr+4]. The van der Waals surface area contributed by atoms with E-state index in [-0.39, 0.29) is 52.6 Å². The summed E-state index contributed by atoms with van der Waals surface area (Å²) in [5.74, 6) is 0. The van der Waals surface area contributed by atoms with Crippen LogP contribution in [-0.2, 0) is 26.2 Å². The quantitative estimate of drug-likeness (QED) is 0.678. The Morgan fingerprint density at radius 1 is 0.524 bits per heavy atom. The van der Waals surface area contributed by atoms with Crippen LogP contribution in [0, 0.1) is 0 Å². The summed E-state index contributed by atoms with van der Waals surface area (Å²) < 4.78 is 0. The van der Waals surface area contributed by atoms with Gasteiger partial charge in [0.25, 0.3) is 0 Å². The van der Waals surface area contributed by atoms with E-state index in [1.54, 1.807) is 0 Å². The van der Waals surface area contributed by atoms with E-state index >= 15 is 0 Å². The second-order valence-corrected chi connectivity index (χ2v) is 3.54. The third kappa shape index (κ3) is 224. The molecule has 1 N–H and O–H groups in total. The molecule has 0 aliphatic carbocycles. The molecule has 0 atom stereocenters. The first-order chi connectivity index (χ1) is 9.57. The second-order valence-electron chi connectivity index (χ2n) is 3.54. The van der Waals surface area contributed by atoms with Gasteiger partial charge in [-0.25, -0.2) is 0 Å². The summed E-state index contributed by atoms with van der Waals surface area (Å²) in [6.45, 7) is 10.0. The topological polar surface area (TPSA) is 112 Å². The smallest absolute Gasteiger partial charge is 0.854 e. The standard InChI is InChI=1S/C3H8O.4C3H7O.Zr/c5*1-2-3-4;/h4H,2-3H2,1H3;4*2-3H2,1H3;/q;4*-1;+4. The van der Waals surface area contributed by atoms with Gasteiger partial charge >= 0.3 is 26.2 Å². The van der Waals surface area contributed by atoms with Crippen LogP contribution in [0.15, 0.2) is 0 Å². The van der Waals surface area contributed by atoms with Crippen molar-refractivity contribution in [3.8, 4) is 0 Å². The summed E-state index contributed by atoms with van der Waals surface area (Å²) in [5, 5.41) is 45.1. The van der Waals surface area contributed by atoms with Gasteiger partial charge in [-0.2, -0.15) is 0 Å². The van der Waals surface area contributed by atoms with E-state index in [2.05, 4.69) is 0 Å². The number of hydrogen-bond acceptors (Lipinski definition) is 5. The van der Waals surface area contributed by atoms with Gasteiger partial charge < -0.3 is 25.5 Å². The molecule has 21 heavy (non-hydrogen) atoms. The molecule has 0 aromatic carbocycles. The molecule has 0 bridgehead atoms. The Morgan fingerprint density at radius 2 is 0.619 bits per heavy atom. The van der Waals surface area contributed by atoms with E-state index in [9.17, 15) is 20.4 Å². The van der Waals surface area contributed by atoms with Crippen LogP contribution >= 0.6 is 0 Å². The fraction of sp³-hybridized carbons (Fsp3) is 1.00. The third-order valence-electron chi connectivity index (χ3n) is 1.04. The van der Waals surface area contributed by atoms with Crippen LogP contribution in [0.25, 0.3) is 0 Å². The number of hydrogen-bond donors (Lipinski definition) is 1. The molecule has 0 spiro atoms. The van der Waals surface area contributed by atoms with Crippen LogP contribution in [0.3, 0.4) is 0 Å². The molecule has 0 rings (SSSR count).